The highest BCUT2D eigenvalue weighted by atomic mass is 19.1. The molecule has 0 spiro atoms. The van der Waals surface area contributed by atoms with Crippen molar-refractivity contribution in [2.24, 2.45) is 0 Å². The number of carbonyl (C=O) groups is 2. The largest absolute Gasteiger partial charge is 0.341 e. The Morgan fingerprint density at radius 1 is 0.919 bits per heavy atom. The Morgan fingerprint density at radius 2 is 1.62 bits per heavy atom. The fourth-order valence-corrected chi connectivity index (χ4v) is 5.32. The molecule has 0 fully saturated rings. The molecule has 2 atom stereocenters. The second kappa shape index (κ2) is 9.13. The predicted octanol–water partition coefficient (Wildman–Crippen LogP) is 5.53. The molecule has 0 saturated carbocycles. The van der Waals surface area contributed by atoms with Gasteiger partial charge in [-0.15, -0.1) is 0 Å². The van der Waals surface area contributed by atoms with Crippen molar-refractivity contribution in [3.05, 3.63) is 131 Å². The van der Waals surface area contributed by atoms with E-state index in [-0.39, 0.29) is 23.9 Å². The second-order valence-corrected chi connectivity index (χ2v) is 9.38. The van der Waals surface area contributed by atoms with Gasteiger partial charge in [-0.1, -0.05) is 60.7 Å². The first-order chi connectivity index (χ1) is 18.0. The SMILES string of the molecule is Cc1nn(-c2ccccc2)c2c1[C@H](c1ccc(F)cc1)[C@H](NC(=O)c1ccc3ccccc3c1)C(=O)C2. The monoisotopic (exact) mass is 489 g/mol. The number of fused-ring (bicyclic) bond motifs is 2. The van der Waals surface area contributed by atoms with E-state index in [9.17, 15) is 14.0 Å². The predicted molar refractivity (Wildman–Crippen MR) is 140 cm³/mol. The molecule has 1 aliphatic carbocycles. The second-order valence-electron chi connectivity index (χ2n) is 9.38. The van der Waals surface area contributed by atoms with E-state index in [0.717, 1.165) is 39.0 Å². The summed E-state index contributed by atoms with van der Waals surface area (Å²) in [5.74, 6) is -1.31. The Morgan fingerprint density at radius 3 is 2.38 bits per heavy atom. The van der Waals surface area contributed by atoms with Crippen LogP contribution in [0.15, 0.2) is 97.1 Å². The fourth-order valence-electron chi connectivity index (χ4n) is 5.32. The number of para-hydroxylation sites is 1. The van der Waals surface area contributed by atoms with Crippen molar-refractivity contribution < 1.29 is 14.0 Å². The highest BCUT2D eigenvalue weighted by Crippen LogP contribution is 2.39. The van der Waals surface area contributed by atoms with Crippen LogP contribution < -0.4 is 5.32 Å². The minimum Gasteiger partial charge on any atom is -0.341 e. The molecular weight excluding hydrogens is 465 g/mol. The first kappa shape index (κ1) is 22.9. The van der Waals surface area contributed by atoms with Crippen LogP contribution in [0.1, 0.15) is 38.8 Å². The van der Waals surface area contributed by atoms with Crippen molar-refractivity contribution >= 4 is 22.5 Å². The van der Waals surface area contributed by atoms with E-state index in [1.165, 1.54) is 12.1 Å². The third kappa shape index (κ3) is 4.10. The van der Waals surface area contributed by atoms with Crippen LogP contribution in [-0.2, 0) is 11.2 Å². The minimum atomic E-state index is -0.816. The summed E-state index contributed by atoms with van der Waals surface area (Å²) in [5.41, 5.74) is 4.53. The van der Waals surface area contributed by atoms with E-state index in [2.05, 4.69) is 5.32 Å². The van der Waals surface area contributed by atoms with Gasteiger partial charge in [0.1, 0.15) is 5.82 Å². The summed E-state index contributed by atoms with van der Waals surface area (Å²) in [6.45, 7) is 1.91. The van der Waals surface area contributed by atoms with Gasteiger partial charge >= 0.3 is 0 Å². The van der Waals surface area contributed by atoms with Crippen LogP contribution in [-0.4, -0.2) is 27.5 Å². The Hall–Kier alpha value is -4.58. The van der Waals surface area contributed by atoms with Crippen molar-refractivity contribution in [3.63, 3.8) is 0 Å². The number of Topliss-reactive ketones (excluding diaryl/α,β-unsaturated/α-hetero) is 1. The molecule has 0 aliphatic heterocycles. The van der Waals surface area contributed by atoms with Crippen molar-refractivity contribution in [2.45, 2.75) is 25.3 Å². The van der Waals surface area contributed by atoms with Crippen LogP contribution in [0, 0.1) is 12.7 Å². The number of aryl methyl sites for hydroxylation is 1. The molecule has 1 heterocycles. The average Bonchev–Trinajstić information content (AvgIpc) is 3.25. The van der Waals surface area contributed by atoms with Gasteiger partial charge in [-0.05, 0) is 59.7 Å². The zero-order valence-corrected chi connectivity index (χ0v) is 20.2. The van der Waals surface area contributed by atoms with Gasteiger partial charge in [0.25, 0.3) is 5.91 Å². The molecule has 1 N–H and O–H groups in total. The van der Waals surface area contributed by atoms with Gasteiger partial charge in [0.05, 0.1) is 29.5 Å². The van der Waals surface area contributed by atoms with Crippen LogP contribution in [0.4, 0.5) is 4.39 Å². The van der Waals surface area contributed by atoms with E-state index in [1.54, 1.807) is 22.9 Å². The number of rotatable bonds is 4. The number of carbonyl (C=O) groups excluding carboxylic acids is 2. The summed E-state index contributed by atoms with van der Waals surface area (Å²) in [5, 5.41) is 9.76. The number of hydrogen-bond donors (Lipinski definition) is 1. The number of ketones is 1. The summed E-state index contributed by atoms with van der Waals surface area (Å²) in [6, 6.07) is 28.3. The number of amides is 1. The lowest BCUT2D eigenvalue weighted by Gasteiger charge is -2.32. The quantitative estimate of drug-likeness (QED) is 0.361. The lowest BCUT2D eigenvalue weighted by atomic mass is 9.76. The highest BCUT2D eigenvalue weighted by molar-refractivity contribution is 6.02. The Labute approximate surface area is 213 Å². The summed E-state index contributed by atoms with van der Waals surface area (Å²) in [4.78, 5) is 27.1. The number of nitrogens with one attached hydrogen (secondary N) is 1. The third-order valence-electron chi connectivity index (χ3n) is 7.07. The number of nitrogens with zero attached hydrogens (tertiary/aromatic N) is 2. The van der Waals surface area contributed by atoms with E-state index in [1.807, 2.05) is 73.7 Å². The van der Waals surface area contributed by atoms with Crippen molar-refractivity contribution in [2.75, 3.05) is 0 Å². The highest BCUT2D eigenvalue weighted by Gasteiger charge is 2.41. The molecule has 0 bridgehead atoms. The maximum Gasteiger partial charge on any atom is 0.251 e. The first-order valence-electron chi connectivity index (χ1n) is 12.2. The molecule has 0 saturated heterocycles. The van der Waals surface area contributed by atoms with Gasteiger partial charge in [-0.25, -0.2) is 9.07 Å². The maximum absolute atomic E-state index is 13.8. The van der Waals surface area contributed by atoms with Crippen LogP contribution in [0.2, 0.25) is 0 Å². The number of aromatic nitrogens is 2. The summed E-state index contributed by atoms with van der Waals surface area (Å²) >= 11 is 0. The van der Waals surface area contributed by atoms with Gasteiger partial charge in [-0.2, -0.15) is 5.10 Å². The Balaban J connectivity index is 1.44. The molecular formula is C31H24FN3O2. The molecule has 1 aliphatic rings. The van der Waals surface area contributed by atoms with Crippen molar-refractivity contribution in [3.8, 4) is 5.69 Å². The summed E-state index contributed by atoms with van der Waals surface area (Å²) in [7, 11) is 0. The zero-order valence-electron chi connectivity index (χ0n) is 20.2. The molecule has 5 nitrogen and oxygen atoms in total. The Kier molecular flexibility index (Phi) is 5.64. The third-order valence-corrected chi connectivity index (χ3v) is 7.07. The van der Waals surface area contributed by atoms with Crippen LogP contribution in [0.25, 0.3) is 16.5 Å². The molecule has 37 heavy (non-hydrogen) atoms. The van der Waals surface area contributed by atoms with Crippen LogP contribution in [0.5, 0.6) is 0 Å². The minimum absolute atomic E-state index is 0.118. The van der Waals surface area contributed by atoms with E-state index >= 15 is 0 Å². The topological polar surface area (TPSA) is 64.0 Å². The molecule has 6 rings (SSSR count). The summed E-state index contributed by atoms with van der Waals surface area (Å²) in [6.07, 6.45) is 0.130. The number of benzene rings is 4. The van der Waals surface area contributed by atoms with Crippen LogP contribution >= 0.6 is 0 Å². The first-order valence-corrected chi connectivity index (χ1v) is 12.2. The molecule has 6 heteroatoms. The lowest BCUT2D eigenvalue weighted by Crippen LogP contribution is -2.48. The van der Waals surface area contributed by atoms with Gasteiger partial charge in [-0.3, -0.25) is 9.59 Å². The van der Waals surface area contributed by atoms with E-state index in [4.69, 9.17) is 5.10 Å². The van der Waals surface area contributed by atoms with Gasteiger partial charge in [0, 0.05) is 17.0 Å². The molecule has 5 aromatic rings. The molecule has 1 aromatic heterocycles. The van der Waals surface area contributed by atoms with Gasteiger partial charge < -0.3 is 5.32 Å². The maximum atomic E-state index is 13.8. The van der Waals surface area contributed by atoms with Gasteiger partial charge in [0.15, 0.2) is 5.78 Å². The van der Waals surface area contributed by atoms with Crippen molar-refractivity contribution in [1.29, 1.82) is 0 Å². The Bertz CT molecular complexity index is 1640. The number of hydrogen-bond acceptors (Lipinski definition) is 3. The number of halogens is 1. The van der Waals surface area contributed by atoms with Crippen LogP contribution in [0.3, 0.4) is 0 Å². The zero-order chi connectivity index (χ0) is 25.5. The van der Waals surface area contributed by atoms with E-state index in [0.29, 0.717) is 5.56 Å². The molecule has 0 radical (unpaired) electrons. The molecule has 1 amide bonds. The standard InChI is InChI=1S/C31H24FN3O2/c1-19-28-26(35(34-19)25-9-3-2-4-10-25)18-27(36)30(29(28)21-13-15-24(32)16-14-21)33-31(37)23-12-11-20-7-5-6-8-22(20)17-23/h2-17,29-30H,18H2,1H3,(H,33,37)/t29-,30+/m0/s1. The van der Waals surface area contributed by atoms with Crippen molar-refractivity contribution in [1.82, 2.24) is 15.1 Å². The normalized spacial score (nSPS) is 17.0. The average molecular weight is 490 g/mol. The van der Waals surface area contributed by atoms with Gasteiger partial charge in [0.2, 0.25) is 0 Å². The molecule has 182 valence electrons. The fraction of sp³-hybridized carbons (Fsp3) is 0.129. The smallest absolute Gasteiger partial charge is 0.251 e. The molecule has 4 aromatic carbocycles. The molecule has 0 unspecified atom stereocenters. The van der Waals surface area contributed by atoms with E-state index < -0.39 is 12.0 Å². The summed E-state index contributed by atoms with van der Waals surface area (Å²) < 4.78 is 15.6. The lowest BCUT2D eigenvalue weighted by molar-refractivity contribution is -0.121.